The Hall–Kier alpha value is -0.430. The van der Waals surface area contributed by atoms with E-state index in [-0.39, 0.29) is 16.9 Å². The summed E-state index contributed by atoms with van der Waals surface area (Å²) < 4.78 is 27.4. The van der Waals surface area contributed by atoms with Crippen molar-refractivity contribution in [3.8, 4) is 0 Å². The van der Waals surface area contributed by atoms with Gasteiger partial charge in [-0.25, -0.2) is 13.1 Å². The van der Waals surface area contributed by atoms with E-state index in [1.807, 2.05) is 13.8 Å². The maximum absolute atomic E-state index is 12.0. The maximum Gasteiger partial charge on any atom is 0.240 e. The van der Waals surface area contributed by atoms with Gasteiger partial charge in [0, 0.05) is 17.6 Å². The molecule has 1 aromatic carbocycles. The Morgan fingerprint density at radius 2 is 2.06 bits per heavy atom. The smallest absolute Gasteiger partial charge is 0.240 e. The quantitative estimate of drug-likeness (QED) is 0.836. The van der Waals surface area contributed by atoms with Crippen molar-refractivity contribution >= 4 is 26.0 Å². The number of nitrogens with one attached hydrogen (secondary N) is 1. The molecule has 0 amide bonds. The van der Waals surface area contributed by atoms with Gasteiger partial charge in [0.25, 0.3) is 0 Å². The first kappa shape index (κ1) is 15.6. The highest BCUT2D eigenvalue weighted by Gasteiger charge is 2.21. The van der Waals surface area contributed by atoms with Gasteiger partial charge in [0.1, 0.15) is 0 Å². The molecule has 0 fully saturated rings. The van der Waals surface area contributed by atoms with E-state index in [2.05, 4.69) is 20.7 Å². The van der Waals surface area contributed by atoms with Crippen LogP contribution in [0.2, 0.25) is 0 Å². The van der Waals surface area contributed by atoms with Crippen LogP contribution in [0.25, 0.3) is 0 Å². The Balaban J connectivity index is 2.78. The number of benzene rings is 1. The highest BCUT2D eigenvalue weighted by atomic mass is 79.9. The van der Waals surface area contributed by atoms with E-state index in [4.69, 9.17) is 5.11 Å². The Kier molecular flexibility index (Phi) is 5.33. The zero-order chi connectivity index (χ0) is 13.8. The summed E-state index contributed by atoms with van der Waals surface area (Å²) in [5, 5.41) is 8.90. The predicted molar refractivity (Wildman–Crippen MR) is 74.8 cm³/mol. The zero-order valence-electron chi connectivity index (χ0n) is 10.5. The average molecular weight is 336 g/mol. The van der Waals surface area contributed by atoms with Crippen LogP contribution in [0.15, 0.2) is 33.6 Å². The third kappa shape index (κ3) is 4.68. The van der Waals surface area contributed by atoms with Crippen molar-refractivity contribution in [2.24, 2.45) is 5.41 Å². The standard InChI is InChI=1S/C12H18BrNO3S/c1-12(2,6-7-15)9-14-18(16,17)11-5-3-4-10(13)8-11/h3-5,8,14-15H,6-7,9H2,1-2H3. The van der Waals surface area contributed by atoms with E-state index in [0.717, 1.165) is 4.47 Å². The number of hydrogen-bond donors (Lipinski definition) is 2. The Bertz CT molecular complexity index is 500. The Morgan fingerprint density at radius 1 is 1.39 bits per heavy atom. The minimum atomic E-state index is -3.50. The third-order valence-corrected chi connectivity index (χ3v) is 4.53. The van der Waals surface area contributed by atoms with Crippen LogP contribution in [0.1, 0.15) is 20.3 Å². The molecule has 0 radical (unpaired) electrons. The topological polar surface area (TPSA) is 66.4 Å². The minimum Gasteiger partial charge on any atom is -0.396 e. The maximum atomic E-state index is 12.0. The van der Waals surface area contributed by atoms with E-state index in [1.165, 1.54) is 0 Å². The van der Waals surface area contributed by atoms with E-state index in [0.29, 0.717) is 13.0 Å². The minimum absolute atomic E-state index is 0.0472. The second-order valence-electron chi connectivity index (χ2n) is 4.92. The van der Waals surface area contributed by atoms with E-state index in [9.17, 15) is 8.42 Å². The van der Waals surface area contributed by atoms with E-state index >= 15 is 0 Å². The normalized spacial score (nSPS) is 12.7. The largest absolute Gasteiger partial charge is 0.396 e. The van der Waals surface area contributed by atoms with E-state index in [1.54, 1.807) is 24.3 Å². The van der Waals surface area contributed by atoms with Gasteiger partial charge in [0.05, 0.1) is 4.90 Å². The van der Waals surface area contributed by atoms with Gasteiger partial charge in [-0.15, -0.1) is 0 Å². The van der Waals surface area contributed by atoms with Crippen LogP contribution in [0.5, 0.6) is 0 Å². The van der Waals surface area contributed by atoms with Gasteiger partial charge in [-0.1, -0.05) is 35.8 Å². The fourth-order valence-corrected chi connectivity index (χ4v) is 3.24. The lowest BCUT2D eigenvalue weighted by Crippen LogP contribution is -2.34. The van der Waals surface area contributed by atoms with Crippen molar-refractivity contribution in [3.05, 3.63) is 28.7 Å². The number of sulfonamides is 1. The van der Waals surface area contributed by atoms with Crippen molar-refractivity contribution in [3.63, 3.8) is 0 Å². The third-order valence-electron chi connectivity index (χ3n) is 2.64. The molecule has 18 heavy (non-hydrogen) atoms. The van der Waals surface area contributed by atoms with Crippen molar-refractivity contribution in [1.82, 2.24) is 4.72 Å². The molecule has 0 unspecified atom stereocenters. The lowest BCUT2D eigenvalue weighted by molar-refractivity contribution is 0.213. The first-order valence-electron chi connectivity index (χ1n) is 5.63. The molecule has 4 nitrogen and oxygen atoms in total. The van der Waals surface area contributed by atoms with Crippen molar-refractivity contribution in [2.75, 3.05) is 13.2 Å². The van der Waals surface area contributed by atoms with Crippen LogP contribution in [-0.4, -0.2) is 26.7 Å². The molecule has 0 aliphatic heterocycles. The summed E-state index contributed by atoms with van der Waals surface area (Å²) in [4.78, 5) is 0.233. The summed E-state index contributed by atoms with van der Waals surface area (Å²) >= 11 is 3.24. The molecular formula is C12H18BrNO3S. The monoisotopic (exact) mass is 335 g/mol. The Labute approximate surface area is 117 Å². The van der Waals surface area contributed by atoms with E-state index < -0.39 is 10.0 Å². The van der Waals surface area contributed by atoms with Gasteiger partial charge in [0.2, 0.25) is 10.0 Å². The van der Waals surface area contributed by atoms with Gasteiger partial charge in [-0.05, 0) is 30.0 Å². The SMILES string of the molecule is CC(C)(CCO)CNS(=O)(=O)c1cccc(Br)c1. The first-order chi connectivity index (χ1) is 8.27. The molecule has 2 N–H and O–H groups in total. The van der Waals surface area contributed by atoms with Crippen LogP contribution in [-0.2, 0) is 10.0 Å². The molecule has 0 aliphatic carbocycles. The summed E-state index contributed by atoms with van der Waals surface area (Å²) in [5.41, 5.74) is -0.270. The van der Waals surface area contributed by atoms with Crippen LogP contribution >= 0.6 is 15.9 Å². The zero-order valence-corrected chi connectivity index (χ0v) is 12.9. The summed E-state index contributed by atoms with van der Waals surface area (Å²) in [7, 11) is -3.50. The molecule has 0 aliphatic rings. The molecule has 0 heterocycles. The fraction of sp³-hybridized carbons (Fsp3) is 0.500. The van der Waals surface area contributed by atoms with Crippen LogP contribution in [0.3, 0.4) is 0 Å². The van der Waals surface area contributed by atoms with Crippen molar-refractivity contribution in [2.45, 2.75) is 25.2 Å². The molecule has 0 saturated carbocycles. The van der Waals surface area contributed by atoms with Crippen molar-refractivity contribution < 1.29 is 13.5 Å². The van der Waals surface area contributed by atoms with Gasteiger partial charge in [-0.3, -0.25) is 0 Å². The van der Waals surface area contributed by atoms with Gasteiger partial charge >= 0.3 is 0 Å². The molecule has 1 aromatic rings. The summed E-state index contributed by atoms with van der Waals surface area (Å²) in [6.07, 6.45) is 0.550. The highest BCUT2D eigenvalue weighted by Crippen LogP contribution is 2.20. The summed E-state index contributed by atoms with van der Waals surface area (Å²) in [6, 6.07) is 6.56. The number of hydrogen-bond acceptors (Lipinski definition) is 3. The molecule has 6 heteroatoms. The molecule has 0 saturated heterocycles. The number of halogens is 1. The predicted octanol–water partition coefficient (Wildman–Crippen LogP) is 2.14. The highest BCUT2D eigenvalue weighted by molar-refractivity contribution is 9.10. The average Bonchev–Trinajstić information content (AvgIpc) is 2.27. The van der Waals surface area contributed by atoms with Crippen molar-refractivity contribution in [1.29, 1.82) is 0 Å². The van der Waals surface area contributed by atoms with Crippen LogP contribution in [0.4, 0.5) is 0 Å². The van der Waals surface area contributed by atoms with Gasteiger partial charge in [-0.2, -0.15) is 0 Å². The summed E-state index contributed by atoms with van der Waals surface area (Å²) in [5.74, 6) is 0. The lowest BCUT2D eigenvalue weighted by Gasteiger charge is -2.23. The summed E-state index contributed by atoms with van der Waals surface area (Å²) in [6.45, 7) is 4.16. The number of aliphatic hydroxyl groups excluding tert-OH is 1. The van der Waals surface area contributed by atoms with Crippen LogP contribution in [0, 0.1) is 5.41 Å². The number of rotatable bonds is 6. The Morgan fingerprint density at radius 3 is 2.61 bits per heavy atom. The molecule has 0 atom stereocenters. The fourth-order valence-electron chi connectivity index (χ4n) is 1.40. The molecule has 0 spiro atoms. The number of aliphatic hydroxyl groups is 1. The van der Waals surface area contributed by atoms with Crippen LogP contribution < -0.4 is 4.72 Å². The molecule has 1 rings (SSSR count). The molecular weight excluding hydrogens is 318 g/mol. The molecule has 0 bridgehead atoms. The molecule has 0 aromatic heterocycles. The van der Waals surface area contributed by atoms with Gasteiger partial charge < -0.3 is 5.11 Å². The van der Waals surface area contributed by atoms with Gasteiger partial charge in [0.15, 0.2) is 0 Å². The second kappa shape index (κ2) is 6.14. The molecule has 102 valence electrons. The lowest BCUT2D eigenvalue weighted by atomic mass is 9.90. The second-order valence-corrected chi connectivity index (χ2v) is 7.60. The first-order valence-corrected chi connectivity index (χ1v) is 7.90.